The molecule has 3 atom stereocenters. The second kappa shape index (κ2) is 10.4. The van der Waals surface area contributed by atoms with E-state index >= 15 is 0 Å². The second-order valence-corrected chi connectivity index (χ2v) is 8.09. The van der Waals surface area contributed by atoms with Crippen LogP contribution < -0.4 is 10.1 Å². The molecule has 0 aliphatic carbocycles. The van der Waals surface area contributed by atoms with Crippen molar-refractivity contribution < 1.29 is 19.0 Å². The number of hydrogen-bond donors (Lipinski definition) is 2. The van der Waals surface area contributed by atoms with Crippen molar-refractivity contribution in [2.24, 2.45) is 0 Å². The molecule has 4 rings (SSSR count). The van der Waals surface area contributed by atoms with Crippen LogP contribution in [-0.2, 0) is 11.3 Å². The molecule has 3 aromatic rings. The molecule has 1 amide bonds. The number of aliphatic hydroxyl groups excluding tert-OH is 1. The van der Waals surface area contributed by atoms with Crippen LogP contribution in [0.15, 0.2) is 36.9 Å². The first-order valence-corrected chi connectivity index (χ1v) is 11.2. The Morgan fingerprint density at radius 2 is 2.26 bits per heavy atom. The lowest BCUT2D eigenvalue weighted by molar-refractivity contribution is -0.143. The van der Waals surface area contributed by atoms with Crippen molar-refractivity contribution in [1.29, 1.82) is 5.26 Å². The summed E-state index contributed by atoms with van der Waals surface area (Å²) in [6.07, 6.45) is 1.64. The van der Waals surface area contributed by atoms with Crippen molar-refractivity contribution in [3.63, 3.8) is 0 Å². The average Bonchev–Trinajstić information content (AvgIpc) is 3.32. The summed E-state index contributed by atoms with van der Waals surface area (Å²) < 4.78 is 22.3. The molecule has 2 aromatic heterocycles. The van der Waals surface area contributed by atoms with Gasteiger partial charge in [0.1, 0.15) is 30.4 Å². The fourth-order valence-electron chi connectivity index (χ4n) is 3.73. The molecule has 0 radical (unpaired) electrons. The Labute approximate surface area is 201 Å². The van der Waals surface area contributed by atoms with E-state index in [4.69, 9.17) is 4.74 Å². The molecule has 0 spiro atoms. The summed E-state index contributed by atoms with van der Waals surface area (Å²) in [5.74, 6) is 0.391. The van der Waals surface area contributed by atoms with Crippen LogP contribution in [0.1, 0.15) is 25.8 Å². The smallest absolute Gasteiger partial charge is 0.251 e. The zero-order valence-electron chi connectivity index (χ0n) is 19.3. The maximum absolute atomic E-state index is 14.7. The SMILES string of the molecule is CCn1cc(Nc2ncnc(-c3ccc(O[C@H]4CCN(C(=O)C(C)O)C[C@H]4F)c(C#N)c3)n2)cn1. The highest BCUT2D eigenvalue weighted by Gasteiger charge is 2.34. The summed E-state index contributed by atoms with van der Waals surface area (Å²) in [5, 5.41) is 26.4. The number of amides is 1. The van der Waals surface area contributed by atoms with Crippen LogP contribution in [0.5, 0.6) is 5.75 Å². The largest absolute Gasteiger partial charge is 0.486 e. The minimum atomic E-state index is -1.45. The maximum Gasteiger partial charge on any atom is 0.251 e. The first kappa shape index (κ1) is 24.0. The van der Waals surface area contributed by atoms with Crippen molar-refractivity contribution in [3.8, 4) is 23.2 Å². The number of carbonyl (C=O) groups is 1. The molecule has 35 heavy (non-hydrogen) atoms. The number of halogens is 1. The third kappa shape index (κ3) is 5.52. The quantitative estimate of drug-likeness (QED) is 0.519. The number of alkyl halides is 1. The van der Waals surface area contributed by atoms with Gasteiger partial charge in [0.05, 0.1) is 24.0 Å². The van der Waals surface area contributed by atoms with Gasteiger partial charge in [-0.15, -0.1) is 0 Å². The molecule has 1 saturated heterocycles. The molecule has 0 saturated carbocycles. The van der Waals surface area contributed by atoms with E-state index in [2.05, 4.69) is 31.4 Å². The van der Waals surface area contributed by atoms with Gasteiger partial charge in [-0.25, -0.2) is 14.4 Å². The highest BCUT2D eigenvalue weighted by molar-refractivity contribution is 5.80. The van der Waals surface area contributed by atoms with Crippen LogP contribution in [0.2, 0.25) is 0 Å². The van der Waals surface area contributed by atoms with Gasteiger partial charge in [0, 0.05) is 31.3 Å². The van der Waals surface area contributed by atoms with E-state index in [0.29, 0.717) is 17.3 Å². The summed E-state index contributed by atoms with van der Waals surface area (Å²) in [5.41, 5.74) is 1.50. The van der Waals surface area contributed by atoms with Crippen molar-refractivity contribution in [1.82, 2.24) is 29.6 Å². The number of rotatable bonds is 7. The van der Waals surface area contributed by atoms with E-state index in [0.717, 1.165) is 12.2 Å². The Hall–Kier alpha value is -4.11. The predicted octanol–water partition coefficient (Wildman–Crippen LogP) is 2.07. The minimum Gasteiger partial charge on any atom is -0.486 e. The van der Waals surface area contributed by atoms with E-state index in [1.165, 1.54) is 18.2 Å². The molecule has 1 aliphatic rings. The Balaban J connectivity index is 1.47. The van der Waals surface area contributed by atoms with Crippen LogP contribution >= 0.6 is 0 Å². The molecule has 1 aliphatic heterocycles. The molecular formula is C23H25FN8O3. The van der Waals surface area contributed by atoms with Gasteiger partial charge in [-0.2, -0.15) is 15.3 Å². The van der Waals surface area contributed by atoms with Gasteiger partial charge in [0.25, 0.3) is 5.91 Å². The third-order valence-corrected chi connectivity index (χ3v) is 5.57. The fraction of sp³-hybridized carbons (Fsp3) is 0.391. The van der Waals surface area contributed by atoms with Crippen LogP contribution in [-0.4, -0.2) is 72.1 Å². The molecule has 1 aromatic carbocycles. The topological polar surface area (TPSA) is 142 Å². The Kier molecular flexibility index (Phi) is 7.17. The minimum absolute atomic E-state index is 0.174. The number of aliphatic hydroxyl groups is 1. The van der Waals surface area contributed by atoms with E-state index in [9.17, 15) is 19.6 Å². The zero-order valence-corrected chi connectivity index (χ0v) is 19.3. The summed E-state index contributed by atoms with van der Waals surface area (Å²) in [7, 11) is 0. The van der Waals surface area contributed by atoms with Gasteiger partial charge >= 0.3 is 0 Å². The van der Waals surface area contributed by atoms with Gasteiger partial charge < -0.3 is 20.1 Å². The molecule has 2 N–H and O–H groups in total. The summed E-state index contributed by atoms with van der Waals surface area (Å²) in [6, 6.07) is 6.91. The van der Waals surface area contributed by atoms with E-state index in [1.807, 2.05) is 13.1 Å². The lowest BCUT2D eigenvalue weighted by Crippen LogP contribution is -2.51. The van der Waals surface area contributed by atoms with Gasteiger partial charge in [-0.3, -0.25) is 9.48 Å². The second-order valence-electron chi connectivity index (χ2n) is 8.09. The number of carbonyl (C=O) groups excluding carboxylic acids is 1. The van der Waals surface area contributed by atoms with Gasteiger partial charge in [0.15, 0.2) is 12.0 Å². The standard InChI is InChI=1S/C23H25FN8O3/c1-3-32-11-17(10-28-32)29-23-27-13-26-21(30-23)15-4-5-19(16(8-15)9-25)35-20-6-7-31(12-18(20)24)22(34)14(2)33/h4-5,8,10-11,13-14,18,20,33H,3,6-7,12H2,1-2H3,(H,26,27,29,30)/t14?,18-,20+/m1/s1. The lowest BCUT2D eigenvalue weighted by atomic mass is 10.0. The molecular weight excluding hydrogens is 455 g/mol. The van der Waals surface area contributed by atoms with Crippen molar-refractivity contribution in [2.75, 3.05) is 18.4 Å². The first-order valence-electron chi connectivity index (χ1n) is 11.2. The number of hydrogen-bond acceptors (Lipinski definition) is 9. The number of aromatic nitrogens is 5. The van der Waals surface area contributed by atoms with Gasteiger partial charge in [-0.1, -0.05) is 0 Å². The molecule has 182 valence electrons. The van der Waals surface area contributed by atoms with Crippen molar-refractivity contribution in [3.05, 3.63) is 42.5 Å². The monoisotopic (exact) mass is 480 g/mol. The predicted molar refractivity (Wildman–Crippen MR) is 123 cm³/mol. The van der Waals surface area contributed by atoms with Crippen LogP contribution in [0.3, 0.4) is 0 Å². The van der Waals surface area contributed by atoms with Crippen LogP contribution in [0.25, 0.3) is 11.4 Å². The number of nitriles is 1. The van der Waals surface area contributed by atoms with E-state index in [-0.39, 0.29) is 30.8 Å². The lowest BCUT2D eigenvalue weighted by Gasteiger charge is -2.35. The zero-order chi connectivity index (χ0) is 24.9. The van der Waals surface area contributed by atoms with Crippen LogP contribution in [0.4, 0.5) is 16.0 Å². The fourth-order valence-corrected chi connectivity index (χ4v) is 3.73. The van der Waals surface area contributed by atoms with Gasteiger partial charge in [0.2, 0.25) is 5.95 Å². The Bertz CT molecular complexity index is 1240. The number of likely N-dealkylation sites (tertiary alicyclic amines) is 1. The van der Waals surface area contributed by atoms with Crippen molar-refractivity contribution in [2.45, 2.75) is 45.2 Å². The third-order valence-electron chi connectivity index (χ3n) is 5.57. The molecule has 0 bridgehead atoms. The number of ether oxygens (including phenoxy) is 1. The molecule has 3 heterocycles. The average molecular weight is 481 g/mol. The van der Waals surface area contributed by atoms with Crippen molar-refractivity contribution >= 4 is 17.5 Å². The van der Waals surface area contributed by atoms with Crippen LogP contribution in [0, 0.1) is 11.3 Å². The summed E-state index contributed by atoms with van der Waals surface area (Å²) >= 11 is 0. The molecule has 12 heteroatoms. The molecule has 1 fully saturated rings. The number of piperidine rings is 1. The highest BCUT2D eigenvalue weighted by atomic mass is 19.1. The number of nitrogens with zero attached hydrogens (tertiary/aromatic N) is 7. The Morgan fingerprint density at radius 3 is 2.94 bits per heavy atom. The highest BCUT2D eigenvalue weighted by Crippen LogP contribution is 2.28. The number of anilines is 2. The van der Waals surface area contributed by atoms with E-state index < -0.39 is 24.3 Å². The normalized spacial score (nSPS) is 18.5. The summed E-state index contributed by atoms with van der Waals surface area (Å²) in [6.45, 7) is 4.15. The number of aryl methyl sites for hydroxylation is 1. The Morgan fingerprint density at radius 1 is 1.43 bits per heavy atom. The molecule has 1 unspecified atom stereocenters. The molecule has 11 nitrogen and oxygen atoms in total. The van der Waals surface area contributed by atoms with Gasteiger partial charge in [-0.05, 0) is 32.0 Å². The maximum atomic E-state index is 14.7. The van der Waals surface area contributed by atoms with E-state index in [1.54, 1.807) is 29.1 Å². The summed E-state index contributed by atoms with van der Waals surface area (Å²) in [4.78, 5) is 25.9. The first-order chi connectivity index (χ1) is 16.9. The number of benzene rings is 1. The number of nitrogens with one attached hydrogen (secondary N) is 1.